The highest BCUT2D eigenvalue weighted by Gasteiger charge is 2.53. The number of carbonyl (C=O) groups excluding carboxylic acids is 6. The molecule has 5 rings (SSSR count). The molecule has 4 heterocycles. The molecule has 73 heavy (non-hydrogen) atoms. The first-order chi connectivity index (χ1) is 34.7. The molecule has 4 aliphatic heterocycles. The maximum atomic E-state index is 14.6. The van der Waals surface area contributed by atoms with Gasteiger partial charge in [-0.05, 0) is 107 Å². The SMILES string of the molecule is CO[C@H]1C[C@@H]2CC[C@@H](C)[C@@](O)(O2)C(=O)C(=O)N2CCCC[C@H]2C(=O)O[C@H]([C@H](C)CC2CC[C@H](OC(=O)N3CCNCC3)[C@@H](OC)C2)CC(=O)[C@H](C)/C=C(\C)[C@@H](O)[C@@H](OC)C(=O)[C@H](C)C[C@H](C)/C=C/C=C/C=C/1C. The lowest BCUT2D eigenvalue weighted by Gasteiger charge is -2.42. The van der Waals surface area contributed by atoms with E-state index in [1.54, 1.807) is 46.0 Å². The van der Waals surface area contributed by atoms with Crippen LogP contribution in [0.3, 0.4) is 0 Å². The Kier molecular flexibility index (Phi) is 23.1. The molecule has 3 N–H and O–H groups in total. The Bertz CT molecular complexity index is 2010. The van der Waals surface area contributed by atoms with Gasteiger partial charge in [-0.15, -0.1) is 0 Å². The Morgan fingerprint density at radius 1 is 0.849 bits per heavy atom. The second-order valence-electron chi connectivity index (χ2n) is 21.7. The van der Waals surface area contributed by atoms with E-state index in [0.717, 1.165) is 5.57 Å². The van der Waals surface area contributed by atoms with Crippen LogP contribution in [0.2, 0.25) is 0 Å². The third-order valence-corrected chi connectivity index (χ3v) is 16.1. The smallest absolute Gasteiger partial charge is 0.410 e. The van der Waals surface area contributed by atoms with Gasteiger partial charge in [-0.2, -0.15) is 0 Å². The molecule has 17 nitrogen and oxygen atoms in total. The van der Waals surface area contributed by atoms with Crippen LogP contribution in [0.25, 0.3) is 0 Å². The molecule has 17 heteroatoms. The van der Waals surface area contributed by atoms with Crippen LogP contribution in [0, 0.1) is 35.5 Å². The quantitative estimate of drug-likeness (QED) is 0.146. The molecule has 0 radical (unpaired) electrons. The van der Waals surface area contributed by atoms with Gasteiger partial charge in [0, 0.05) is 84.6 Å². The first-order valence-corrected chi connectivity index (χ1v) is 26.9. The molecule has 410 valence electrons. The Hall–Kier alpha value is -4.10. The fourth-order valence-corrected chi connectivity index (χ4v) is 11.3. The predicted molar refractivity (Wildman–Crippen MR) is 274 cm³/mol. The van der Waals surface area contributed by atoms with Crippen molar-refractivity contribution in [2.75, 3.05) is 54.1 Å². The van der Waals surface area contributed by atoms with Crippen molar-refractivity contribution in [2.45, 2.75) is 180 Å². The maximum Gasteiger partial charge on any atom is 0.410 e. The van der Waals surface area contributed by atoms with Crippen molar-refractivity contribution in [3.05, 3.63) is 47.6 Å². The number of methoxy groups -OCH3 is 3. The molecule has 0 spiro atoms. The summed E-state index contributed by atoms with van der Waals surface area (Å²) in [6.07, 6.45) is 10.6. The van der Waals surface area contributed by atoms with Gasteiger partial charge in [-0.25, -0.2) is 9.59 Å². The Morgan fingerprint density at radius 2 is 1.58 bits per heavy atom. The summed E-state index contributed by atoms with van der Waals surface area (Å²) in [5.41, 5.74) is 1.25. The molecule has 3 saturated heterocycles. The Labute approximate surface area is 433 Å². The normalized spacial score (nSPS) is 38.5. The third kappa shape index (κ3) is 16.0. The van der Waals surface area contributed by atoms with E-state index in [9.17, 15) is 39.0 Å². The number of hydrogen-bond donors (Lipinski definition) is 3. The number of amides is 2. The topological polar surface area (TPSA) is 217 Å². The van der Waals surface area contributed by atoms with E-state index in [4.69, 9.17) is 28.4 Å². The fourth-order valence-electron chi connectivity index (χ4n) is 11.3. The minimum Gasteiger partial charge on any atom is -0.460 e. The van der Waals surface area contributed by atoms with Gasteiger partial charge in [0.05, 0.1) is 18.3 Å². The van der Waals surface area contributed by atoms with Gasteiger partial charge in [0.2, 0.25) is 5.79 Å². The van der Waals surface area contributed by atoms with Crippen LogP contribution in [0.4, 0.5) is 4.79 Å². The summed E-state index contributed by atoms with van der Waals surface area (Å²) >= 11 is 0. The van der Waals surface area contributed by atoms with E-state index in [0.29, 0.717) is 96.0 Å². The van der Waals surface area contributed by atoms with Crippen LogP contribution in [0.5, 0.6) is 0 Å². The number of esters is 1. The van der Waals surface area contributed by atoms with E-state index < -0.39 is 83.9 Å². The predicted octanol–water partition coefficient (Wildman–Crippen LogP) is 6.23. The van der Waals surface area contributed by atoms with Gasteiger partial charge in [-0.3, -0.25) is 19.2 Å². The number of cyclic esters (lactones) is 1. The van der Waals surface area contributed by atoms with Crippen LogP contribution in [-0.4, -0.2) is 164 Å². The fraction of sp³-hybridized carbons (Fsp3) is 0.750. The first kappa shape index (κ1) is 59.8. The number of aliphatic hydroxyl groups excluding tert-OH is 1. The molecule has 1 unspecified atom stereocenters. The number of piperazine rings is 1. The lowest BCUT2D eigenvalue weighted by Crippen LogP contribution is -2.61. The standard InChI is InChI=1S/C56H87N3O14/c1-34-16-12-11-13-17-35(2)46(68-8)32-42-21-19-40(7)56(67,73-42)52(63)53(64)59-25-15-14-18-43(59)54(65)71-47(33-44(60)36(3)29-39(6)50(62)51(70-10)49(61)38(5)28-34)37(4)30-41-20-22-45(48(31-41)69-9)72-55(66)58-26-23-57-24-27-58/h11-13,16-17,29,34,36-38,40-43,45-48,50-51,57,62,67H,14-15,18-28,30-33H2,1-10H3/b13-11+,16-12+,35-17+,39-29+/t34-,36-,37-,38-,40-,41?,42+,43+,45+,46+,47+,48+,50-,51+,56-/m1/s1. The van der Waals surface area contributed by atoms with Crippen molar-refractivity contribution < 1.29 is 67.4 Å². The molecular weight excluding hydrogens is 939 g/mol. The number of nitrogens with zero attached hydrogens (tertiary/aromatic N) is 2. The van der Waals surface area contributed by atoms with Crippen molar-refractivity contribution in [1.82, 2.24) is 15.1 Å². The molecule has 15 atom stereocenters. The van der Waals surface area contributed by atoms with E-state index in [1.165, 1.54) is 12.0 Å². The lowest BCUT2D eigenvalue weighted by molar-refractivity contribution is -0.265. The van der Waals surface area contributed by atoms with Crippen LogP contribution in [0.15, 0.2) is 47.6 Å². The number of piperidine rings is 1. The van der Waals surface area contributed by atoms with Crippen molar-refractivity contribution in [3.63, 3.8) is 0 Å². The number of fused-ring (bicyclic) bond motifs is 3. The number of allylic oxidation sites excluding steroid dienone is 6. The number of Topliss-reactive ketones (excluding diaryl/α,β-unsaturated/α-hetero) is 3. The molecule has 1 aliphatic carbocycles. The highest BCUT2D eigenvalue weighted by atomic mass is 16.6. The average Bonchev–Trinajstić information content (AvgIpc) is 3.38. The maximum absolute atomic E-state index is 14.6. The van der Waals surface area contributed by atoms with Gasteiger partial charge in [-0.1, -0.05) is 71.1 Å². The minimum absolute atomic E-state index is 0.00770. The van der Waals surface area contributed by atoms with Crippen LogP contribution < -0.4 is 5.32 Å². The van der Waals surface area contributed by atoms with E-state index in [1.807, 2.05) is 58.1 Å². The molecular formula is C56H87N3O14. The number of ketones is 3. The molecule has 4 fully saturated rings. The Balaban J connectivity index is 1.44. The highest BCUT2D eigenvalue weighted by molar-refractivity contribution is 6.39. The van der Waals surface area contributed by atoms with Gasteiger partial charge >= 0.3 is 12.1 Å². The summed E-state index contributed by atoms with van der Waals surface area (Å²) in [7, 11) is 4.55. The monoisotopic (exact) mass is 1030 g/mol. The Morgan fingerprint density at radius 3 is 2.26 bits per heavy atom. The summed E-state index contributed by atoms with van der Waals surface area (Å²) in [6.45, 7) is 15.2. The van der Waals surface area contributed by atoms with E-state index in [-0.39, 0.29) is 60.9 Å². The minimum atomic E-state index is -2.45. The highest BCUT2D eigenvalue weighted by Crippen LogP contribution is 2.38. The van der Waals surface area contributed by atoms with Gasteiger partial charge in [0.25, 0.3) is 11.7 Å². The first-order valence-electron chi connectivity index (χ1n) is 26.9. The lowest BCUT2D eigenvalue weighted by atomic mass is 9.78. The van der Waals surface area contributed by atoms with Gasteiger partial charge in [0.1, 0.15) is 36.2 Å². The number of hydrogen-bond acceptors (Lipinski definition) is 15. The van der Waals surface area contributed by atoms with Crippen molar-refractivity contribution in [3.8, 4) is 0 Å². The molecule has 2 bridgehead atoms. The zero-order valence-corrected chi connectivity index (χ0v) is 45.3. The number of nitrogens with one attached hydrogen (secondary N) is 1. The molecule has 0 aromatic carbocycles. The largest absolute Gasteiger partial charge is 0.460 e. The summed E-state index contributed by atoms with van der Waals surface area (Å²) in [5, 5.41) is 26.8. The zero-order chi connectivity index (χ0) is 53.6. The summed E-state index contributed by atoms with van der Waals surface area (Å²) < 4.78 is 35.8. The third-order valence-electron chi connectivity index (χ3n) is 16.1. The molecule has 0 aromatic heterocycles. The van der Waals surface area contributed by atoms with Crippen molar-refractivity contribution >= 4 is 35.3 Å². The van der Waals surface area contributed by atoms with Gasteiger partial charge < -0.3 is 53.8 Å². The van der Waals surface area contributed by atoms with Crippen LogP contribution in [-0.2, 0) is 52.4 Å². The number of rotatable bonds is 7. The zero-order valence-electron chi connectivity index (χ0n) is 45.3. The molecule has 0 aromatic rings. The van der Waals surface area contributed by atoms with E-state index in [2.05, 4.69) is 5.32 Å². The number of aliphatic hydroxyl groups is 2. The van der Waals surface area contributed by atoms with Crippen LogP contribution >= 0.6 is 0 Å². The second-order valence-corrected chi connectivity index (χ2v) is 21.7. The summed E-state index contributed by atoms with van der Waals surface area (Å²) in [6, 6.07) is -1.17. The van der Waals surface area contributed by atoms with Crippen molar-refractivity contribution in [2.24, 2.45) is 35.5 Å². The van der Waals surface area contributed by atoms with Crippen molar-refractivity contribution in [1.29, 1.82) is 0 Å². The second kappa shape index (κ2) is 28.2. The molecule has 5 aliphatic rings. The average molecular weight is 1030 g/mol. The van der Waals surface area contributed by atoms with Gasteiger partial charge in [0.15, 0.2) is 5.78 Å². The number of ether oxygens (including phenoxy) is 6. The van der Waals surface area contributed by atoms with E-state index >= 15 is 0 Å². The summed E-state index contributed by atoms with van der Waals surface area (Å²) in [4.78, 5) is 87.3. The number of carbonyl (C=O) groups is 6. The van der Waals surface area contributed by atoms with Crippen LogP contribution in [0.1, 0.15) is 126 Å². The molecule has 1 saturated carbocycles. The summed E-state index contributed by atoms with van der Waals surface area (Å²) in [5.74, 6) is -8.21. The molecule has 2 amide bonds.